The lowest BCUT2D eigenvalue weighted by Gasteiger charge is -2.35. The van der Waals surface area contributed by atoms with Gasteiger partial charge < -0.3 is 15.3 Å². The van der Waals surface area contributed by atoms with Crippen molar-refractivity contribution in [2.45, 2.75) is 38.6 Å². The molecule has 0 spiro atoms. The van der Waals surface area contributed by atoms with E-state index in [1.807, 2.05) is 12.1 Å². The van der Waals surface area contributed by atoms with Crippen LogP contribution < -0.4 is 5.32 Å². The Balaban J connectivity index is 1.75. The van der Waals surface area contributed by atoms with E-state index in [2.05, 4.69) is 17.1 Å². The number of amides is 1. The number of likely N-dealkylation sites (tertiary alicyclic amines) is 1. The maximum absolute atomic E-state index is 11.6. The normalized spacial score (nSPS) is 18.4. The third-order valence-electron chi connectivity index (χ3n) is 4.56. The van der Waals surface area contributed by atoms with Gasteiger partial charge in [-0.15, -0.1) is 0 Å². The van der Waals surface area contributed by atoms with Crippen molar-refractivity contribution < 1.29 is 9.90 Å². The van der Waals surface area contributed by atoms with Crippen LogP contribution in [-0.4, -0.2) is 42.1 Å². The quantitative estimate of drug-likeness (QED) is 0.874. The molecule has 0 saturated carbocycles. The largest absolute Gasteiger partial charge is 0.508 e. The molecule has 1 amide bonds. The number of phenols is 1. The SMILES string of the molecule is CNC(=O)C1CCN(C(C)CCc2ccc(O)cc2)CC1. The van der Waals surface area contributed by atoms with Crippen molar-refractivity contribution in [3.05, 3.63) is 29.8 Å². The fourth-order valence-corrected chi connectivity index (χ4v) is 3.03. The summed E-state index contributed by atoms with van der Waals surface area (Å²) < 4.78 is 0. The number of benzene rings is 1. The molecule has 4 nitrogen and oxygen atoms in total. The van der Waals surface area contributed by atoms with Crippen LogP contribution in [0, 0.1) is 5.92 Å². The minimum absolute atomic E-state index is 0.186. The van der Waals surface area contributed by atoms with Gasteiger partial charge in [-0.05, 0) is 63.4 Å². The molecule has 0 radical (unpaired) electrons. The molecule has 0 bridgehead atoms. The summed E-state index contributed by atoms with van der Waals surface area (Å²) in [6.07, 6.45) is 4.05. The predicted molar refractivity (Wildman–Crippen MR) is 84.3 cm³/mol. The Labute approximate surface area is 127 Å². The van der Waals surface area contributed by atoms with Gasteiger partial charge in [-0.3, -0.25) is 4.79 Å². The summed E-state index contributed by atoms with van der Waals surface area (Å²) in [6, 6.07) is 7.99. The van der Waals surface area contributed by atoms with Crippen LogP contribution in [0.25, 0.3) is 0 Å². The molecule has 1 heterocycles. The number of rotatable bonds is 5. The Morgan fingerprint density at radius 3 is 2.52 bits per heavy atom. The predicted octanol–water partition coefficient (Wildman–Crippen LogP) is 2.17. The number of aryl methyl sites for hydroxylation is 1. The standard InChI is InChI=1S/C17H26N2O2/c1-13(3-4-14-5-7-16(20)8-6-14)19-11-9-15(10-12-19)17(21)18-2/h5-8,13,15,20H,3-4,9-12H2,1-2H3,(H,18,21). The summed E-state index contributed by atoms with van der Waals surface area (Å²) in [6.45, 7) is 4.28. The van der Waals surface area contributed by atoms with Gasteiger partial charge in [-0.1, -0.05) is 12.1 Å². The van der Waals surface area contributed by atoms with E-state index in [-0.39, 0.29) is 11.8 Å². The molecule has 1 unspecified atom stereocenters. The smallest absolute Gasteiger partial charge is 0.222 e. The lowest BCUT2D eigenvalue weighted by molar-refractivity contribution is -0.126. The van der Waals surface area contributed by atoms with E-state index in [1.54, 1.807) is 19.2 Å². The molecule has 1 aliphatic rings. The fourth-order valence-electron chi connectivity index (χ4n) is 3.03. The van der Waals surface area contributed by atoms with Crippen molar-refractivity contribution in [2.24, 2.45) is 5.92 Å². The van der Waals surface area contributed by atoms with Crippen LogP contribution in [0.2, 0.25) is 0 Å². The van der Waals surface area contributed by atoms with Gasteiger partial charge >= 0.3 is 0 Å². The average Bonchev–Trinajstić information content (AvgIpc) is 2.53. The molecule has 21 heavy (non-hydrogen) atoms. The molecule has 1 fully saturated rings. The first-order valence-electron chi connectivity index (χ1n) is 7.83. The van der Waals surface area contributed by atoms with E-state index in [9.17, 15) is 9.90 Å². The summed E-state index contributed by atoms with van der Waals surface area (Å²) in [5.74, 6) is 0.699. The van der Waals surface area contributed by atoms with Gasteiger partial charge in [0.25, 0.3) is 0 Å². The highest BCUT2D eigenvalue weighted by Crippen LogP contribution is 2.21. The lowest BCUT2D eigenvalue weighted by atomic mass is 9.94. The minimum atomic E-state index is 0.186. The van der Waals surface area contributed by atoms with Crippen molar-refractivity contribution in [3.63, 3.8) is 0 Å². The minimum Gasteiger partial charge on any atom is -0.508 e. The summed E-state index contributed by atoms with van der Waals surface area (Å²) in [5, 5.41) is 12.0. The van der Waals surface area contributed by atoms with Gasteiger partial charge in [0.15, 0.2) is 0 Å². The topological polar surface area (TPSA) is 52.6 Å². The molecule has 1 aliphatic heterocycles. The highest BCUT2D eigenvalue weighted by Gasteiger charge is 2.26. The van der Waals surface area contributed by atoms with Gasteiger partial charge in [0.05, 0.1) is 0 Å². The number of hydrogen-bond donors (Lipinski definition) is 2. The molecule has 1 saturated heterocycles. The number of nitrogens with one attached hydrogen (secondary N) is 1. The molecule has 2 rings (SSSR count). The zero-order valence-electron chi connectivity index (χ0n) is 13.0. The third-order valence-corrected chi connectivity index (χ3v) is 4.56. The number of hydrogen-bond acceptors (Lipinski definition) is 3. The Kier molecular flexibility index (Phi) is 5.62. The van der Waals surface area contributed by atoms with Gasteiger partial charge in [-0.2, -0.15) is 0 Å². The van der Waals surface area contributed by atoms with Gasteiger partial charge in [-0.25, -0.2) is 0 Å². The third kappa shape index (κ3) is 4.46. The van der Waals surface area contributed by atoms with Crippen molar-refractivity contribution >= 4 is 5.91 Å². The molecule has 2 N–H and O–H groups in total. The number of nitrogens with zero attached hydrogens (tertiary/aromatic N) is 1. The molecule has 0 aliphatic carbocycles. The van der Waals surface area contributed by atoms with E-state index in [0.717, 1.165) is 38.8 Å². The summed E-state index contributed by atoms with van der Waals surface area (Å²) >= 11 is 0. The monoisotopic (exact) mass is 290 g/mol. The van der Waals surface area contributed by atoms with Crippen molar-refractivity contribution in [3.8, 4) is 5.75 Å². The number of aromatic hydroxyl groups is 1. The zero-order chi connectivity index (χ0) is 15.2. The van der Waals surface area contributed by atoms with E-state index in [4.69, 9.17) is 0 Å². The first-order valence-corrected chi connectivity index (χ1v) is 7.83. The average molecular weight is 290 g/mol. The molecule has 1 atom stereocenters. The van der Waals surface area contributed by atoms with Crippen LogP contribution in [0.4, 0.5) is 0 Å². The van der Waals surface area contributed by atoms with Crippen LogP contribution >= 0.6 is 0 Å². The second-order valence-electron chi connectivity index (χ2n) is 5.98. The summed E-state index contributed by atoms with van der Waals surface area (Å²) in [5.41, 5.74) is 1.26. The van der Waals surface area contributed by atoms with Crippen molar-refractivity contribution in [2.75, 3.05) is 20.1 Å². The highest BCUT2D eigenvalue weighted by molar-refractivity contribution is 5.78. The molecule has 0 aromatic heterocycles. The van der Waals surface area contributed by atoms with Crippen LogP contribution in [0.3, 0.4) is 0 Å². The molecule has 116 valence electrons. The van der Waals surface area contributed by atoms with Gasteiger partial charge in [0.1, 0.15) is 5.75 Å². The molecule has 1 aromatic rings. The second-order valence-corrected chi connectivity index (χ2v) is 5.98. The van der Waals surface area contributed by atoms with Crippen molar-refractivity contribution in [1.82, 2.24) is 10.2 Å². The van der Waals surface area contributed by atoms with Crippen LogP contribution in [0.1, 0.15) is 31.7 Å². The zero-order valence-corrected chi connectivity index (χ0v) is 13.0. The van der Waals surface area contributed by atoms with Crippen LogP contribution in [0.15, 0.2) is 24.3 Å². The summed E-state index contributed by atoms with van der Waals surface area (Å²) in [7, 11) is 1.72. The lowest BCUT2D eigenvalue weighted by Crippen LogP contribution is -2.43. The van der Waals surface area contributed by atoms with Crippen molar-refractivity contribution in [1.29, 1.82) is 0 Å². The Morgan fingerprint density at radius 1 is 1.33 bits per heavy atom. The Hall–Kier alpha value is -1.55. The number of carbonyl (C=O) groups is 1. The fraction of sp³-hybridized carbons (Fsp3) is 0.588. The van der Waals surface area contributed by atoms with E-state index < -0.39 is 0 Å². The molecule has 1 aromatic carbocycles. The number of piperidine rings is 1. The van der Waals surface area contributed by atoms with E-state index in [0.29, 0.717) is 11.8 Å². The van der Waals surface area contributed by atoms with Crippen LogP contribution in [-0.2, 0) is 11.2 Å². The highest BCUT2D eigenvalue weighted by atomic mass is 16.3. The first kappa shape index (κ1) is 15.8. The second kappa shape index (κ2) is 7.46. The molecule has 4 heteroatoms. The van der Waals surface area contributed by atoms with E-state index in [1.165, 1.54) is 5.56 Å². The first-order chi connectivity index (χ1) is 10.1. The number of carbonyl (C=O) groups excluding carboxylic acids is 1. The summed E-state index contributed by atoms with van der Waals surface area (Å²) in [4.78, 5) is 14.1. The maximum Gasteiger partial charge on any atom is 0.222 e. The molecular formula is C17H26N2O2. The number of phenolic OH excluding ortho intramolecular Hbond substituents is 1. The van der Waals surface area contributed by atoms with E-state index >= 15 is 0 Å². The van der Waals surface area contributed by atoms with Gasteiger partial charge in [0, 0.05) is 19.0 Å². The van der Waals surface area contributed by atoms with Gasteiger partial charge in [0.2, 0.25) is 5.91 Å². The molecular weight excluding hydrogens is 264 g/mol. The van der Waals surface area contributed by atoms with Crippen LogP contribution in [0.5, 0.6) is 5.75 Å². The Morgan fingerprint density at radius 2 is 1.95 bits per heavy atom. The maximum atomic E-state index is 11.6. The Bertz CT molecular complexity index is 450.